The van der Waals surface area contributed by atoms with Crippen LogP contribution in [-0.4, -0.2) is 9.55 Å². The maximum absolute atomic E-state index is 9.39. The average Bonchev–Trinajstić information content (AvgIpc) is 3.35. The fourth-order valence-electron chi connectivity index (χ4n) is 3.14. The summed E-state index contributed by atoms with van der Waals surface area (Å²) in [6, 6.07) is -10.8. The van der Waals surface area contributed by atoms with Gasteiger partial charge in [0.1, 0.15) is 5.82 Å². The monoisotopic (exact) mass is 432 g/mol. The Morgan fingerprint density at radius 3 is 1.81 bits per heavy atom. The van der Waals surface area contributed by atoms with Crippen LogP contribution in [0.5, 0.6) is 0 Å². The Labute approximate surface area is 215 Å². The predicted octanol–water partition coefficient (Wildman–Crippen LogP) is 8.00. The van der Waals surface area contributed by atoms with E-state index in [4.69, 9.17) is 21.9 Å². The standard InChI is InChI=1S/C30H26N2/c1-22(2)26-20-27(23-12-6-3-7-13-23)29(28(21-26)24-14-8-4-9-15-24)32-19-18-31-30(32)25-16-10-5-11-17-25/h3-22H,1-2H3/i3D,4D,5D,6D,7D,8D,9D,10D,11D,12D,13D,14D,15D,16D,18D,19D,20D,21D. The van der Waals surface area contributed by atoms with Gasteiger partial charge in [0.05, 0.1) is 30.4 Å². The molecule has 2 heteroatoms. The van der Waals surface area contributed by atoms with Crippen LogP contribution in [0.2, 0.25) is 0 Å². The Hall–Kier alpha value is -3.91. The molecule has 0 aliphatic rings. The molecule has 1 aromatic heterocycles. The summed E-state index contributed by atoms with van der Waals surface area (Å²) in [6.45, 7) is 3.17. The van der Waals surface area contributed by atoms with Gasteiger partial charge in [-0.25, -0.2) is 4.98 Å². The van der Waals surface area contributed by atoms with Crippen molar-refractivity contribution in [3.8, 4) is 39.3 Å². The molecule has 32 heavy (non-hydrogen) atoms. The van der Waals surface area contributed by atoms with Gasteiger partial charge in [-0.1, -0.05) is 105 Å². The Bertz CT molecular complexity index is 2140. The lowest BCUT2D eigenvalue weighted by molar-refractivity contribution is 0.866. The first-order chi connectivity index (χ1) is 23.2. The summed E-state index contributed by atoms with van der Waals surface area (Å²) < 4.78 is 155. The van der Waals surface area contributed by atoms with E-state index >= 15 is 0 Å². The summed E-state index contributed by atoms with van der Waals surface area (Å²) in [5, 5.41) is 0. The fraction of sp³-hybridized carbons (Fsp3) is 0.100. The van der Waals surface area contributed by atoms with Gasteiger partial charge >= 0.3 is 0 Å². The van der Waals surface area contributed by atoms with Crippen molar-refractivity contribution in [2.45, 2.75) is 19.8 Å². The van der Waals surface area contributed by atoms with Crippen LogP contribution < -0.4 is 0 Å². The number of benzene rings is 4. The van der Waals surface area contributed by atoms with E-state index in [1.54, 1.807) is 13.8 Å². The maximum Gasteiger partial charge on any atom is 0.144 e. The summed E-state index contributed by atoms with van der Waals surface area (Å²) in [5.41, 5.74) is -3.35. The van der Waals surface area contributed by atoms with Gasteiger partial charge in [0.2, 0.25) is 0 Å². The number of rotatable bonds is 5. The number of nitrogens with zero attached hydrogens (tertiary/aromatic N) is 2. The van der Waals surface area contributed by atoms with Crippen LogP contribution in [-0.2, 0) is 0 Å². The largest absolute Gasteiger partial charge is 0.299 e. The first kappa shape index (κ1) is 8.22. The minimum atomic E-state index is -0.814. The third kappa shape index (κ3) is 3.76. The zero-order valence-electron chi connectivity index (χ0n) is 35.0. The minimum absolute atomic E-state index is 0.113. The highest BCUT2D eigenvalue weighted by Gasteiger charge is 2.19. The zero-order valence-corrected chi connectivity index (χ0v) is 17.0. The quantitative estimate of drug-likeness (QED) is 0.275. The molecule has 1 heterocycles. The predicted molar refractivity (Wildman–Crippen MR) is 134 cm³/mol. The second-order valence-electron chi connectivity index (χ2n) is 6.99. The second-order valence-corrected chi connectivity index (χ2v) is 6.99. The van der Waals surface area contributed by atoms with E-state index in [0.717, 1.165) is 10.6 Å². The SMILES string of the molecule is [2H]c1cc(-c2nc([2H])c([2H])n2-c2c(-c3c([2H])c([2H])c([2H])c([2H])c3[2H])c([2H])c(C(C)C)c([2H])c2-c2c([2H])c([2H])c([2H])c([2H])c2[2H])c([2H])c([2H])c1[2H]. The zero-order chi connectivity index (χ0) is 37.6. The van der Waals surface area contributed by atoms with Crippen molar-refractivity contribution >= 4 is 0 Å². The molecular weight excluding hydrogens is 388 g/mol. The third-order valence-corrected chi connectivity index (χ3v) is 4.62. The van der Waals surface area contributed by atoms with Gasteiger partial charge in [-0.3, -0.25) is 4.57 Å². The molecule has 0 N–H and O–H groups in total. The van der Waals surface area contributed by atoms with Crippen LogP contribution in [0.1, 0.15) is 50.0 Å². The highest BCUT2D eigenvalue weighted by atomic mass is 15.1. The van der Waals surface area contributed by atoms with Gasteiger partial charge in [-0.15, -0.1) is 0 Å². The van der Waals surface area contributed by atoms with E-state index in [9.17, 15) is 2.74 Å². The lowest BCUT2D eigenvalue weighted by atomic mass is 9.89. The first-order valence-corrected chi connectivity index (χ1v) is 9.64. The van der Waals surface area contributed by atoms with E-state index in [-0.39, 0.29) is 11.1 Å². The summed E-state index contributed by atoms with van der Waals surface area (Å²) in [7, 11) is 0. The summed E-state index contributed by atoms with van der Waals surface area (Å²) >= 11 is 0. The normalized spacial score (nSPS) is 19.0. The van der Waals surface area contributed by atoms with Crippen molar-refractivity contribution < 1.29 is 24.7 Å². The van der Waals surface area contributed by atoms with Gasteiger partial charge in [0, 0.05) is 29.0 Å². The Balaban J connectivity index is 2.23. The Morgan fingerprint density at radius 1 is 0.719 bits per heavy atom. The van der Waals surface area contributed by atoms with E-state index < -0.39 is 149 Å². The molecule has 0 unspecified atom stereocenters. The first-order valence-electron chi connectivity index (χ1n) is 18.6. The van der Waals surface area contributed by atoms with Crippen LogP contribution in [0, 0.1) is 0 Å². The molecule has 5 rings (SSSR count). The Kier molecular flexibility index (Phi) is 2.23. The topological polar surface area (TPSA) is 17.8 Å². The van der Waals surface area contributed by atoms with Crippen molar-refractivity contribution in [2.24, 2.45) is 0 Å². The van der Waals surface area contributed by atoms with Gasteiger partial charge in [-0.2, -0.15) is 0 Å². The van der Waals surface area contributed by atoms with Crippen LogP contribution in [0.25, 0.3) is 39.3 Å². The van der Waals surface area contributed by atoms with Crippen molar-refractivity contribution in [2.75, 3.05) is 0 Å². The molecule has 0 spiro atoms. The molecular formula is C30H26N2. The van der Waals surface area contributed by atoms with Crippen molar-refractivity contribution in [3.63, 3.8) is 0 Å². The van der Waals surface area contributed by atoms with Gasteiger partial charge in [0.25, 0.3) is 0 Å². The molecule has 0 fully saturated rings. The maximum atomic E-state index is 9.39. The van der Waals surface area contributed by atoms with Gasteiger partial charge < -0.3 is 0 Å². The molecule has 4 aromatic carbocycles. The summed E-state index contributed by atoms with van der Waals surface area (Å²) in [4.78, 5) is 4.08. The summed E-state index contributed by atoms with van der Waals surface area (Å²) in [5.74, 6) is -1.23. The molecule has 2 nitrogen and oxygen atoms in total. The second kappa shape index (κ2) is 8.68. The molecule has 0 saturated heterocycles. The van der Waals surface area contributed by atoms with Crippen molar-refractivity contribution in [1.29, 1.82) is 0 Å². The number of imidazole rings is 1. The molecule has 156 valence electrons. The lowest BCUT2D eigenvalue weighted by Crippen LogP contribution is -2.04. The van der Waals surface area contributed by atoms with Crippen LogP contribution in [0.3, 0.4) is 0 Å². The van der Waals surface area contributed by atoms with Crippen LogP contribution in [0.15, 0.2) is 115 Å². The highest BCUT2D eigenvalue weighted by Crippen LogP contribution is 2.40. The van der Waals surface area contributed by atoms with E-state index in [2.05, 4.69) is 4.98 Å². The fourth-order valence-corrected chi connectivity index (χ4v) is 3.14. The smallest absolute Gasteiger partial charge is 0.144 e. The summed E-state index contributed by atoms with van der Waals surface area (Å²) in [6.07, 6.45) is -1.59. The molecule has 0 amide bonds. The van der Waals surface area contributed by atoms with E-state index in [1.807, 2.05) is 0 Å². The number of hydrogen-bond acceptors (Lipinski definition) is 1. The molecule has 0 atom stereocenters. The lowest BCUT2D eigenvalue weighted by Gasteiger charge is -2.21. The molecule has 0 saturated carbocycles. The van der Waals surface area contributed by atoms with E-state index in [0.29, 0.717) is 0 Å². The molecule has 0 radical (unpaired) electrons. The molecule has 0 aliphatic carbocycles. The highest BCUT2D eigenvalue weighted by molar-refractivity contribution is 5.87. The van der Waals surface area contributed by atoms with Gasteiger partial charge in [0.15, 0.2) is 0 Å². The van der Waals surface area contributed by atoms with Crippen molar-refractivity contribution in [3.05, 3.63) is 121 Å². The van der Waals surface area contributed by atoms with Crippen molar-refractivity contribution in [1.82, 2.24) is 9.55 Å². The van der Waals surface area contributed by atoms with Crippen LogP contribution in [0.4, 0.5) is 0 Å². The van der Waals surface area contributed by atoms with Gasteiger partial charge in [-0.05, 0) is 34.7 Å². The molecule has 5 aromatic rings. The third-order valence-electron chi connectivity index (χ3n) is 4.62. The number of hydrogen-bond donors (Lipinski definition) is 0. The Morgan fingerprint density at radius 2 is 1.25 bits per heavy atom. The van der Waals surface area contributed by atoms with Crippen LogP contribution >= 0.6 is 0 Å². The molecule has 0 aliphatic heterocycles. The van der Waals surface area contributed by atoms with E-state index in [1.165, 1.54) is 0 Å². The molecule has 0 bridgehead atoms. The number of aromatic nitrogens is 2. The average molecular weight is 433 g/mol. The minimum Gasteiger partial charge on any atom is -0.299 e.